The molecule has 0 aliphatic heterocycles. The van der Waals surface area contributed by atoms with Gasteiger partial charge in [0.25, 0.3) is 0 Å². The minimum Gasteiger partial charge on any atom is -0.480 e. The lowest BCUT2D eigenvalue weighted by atomic mass is 10.0. The standard InChI is InChI=1S/C12H15BrN2O3/c1-12(2,11(17)18)15(3)9-5-4-7(10(14)16)6-8(9)13/h4-6H,1-3H3,(H2,14,16)(H,17,18). The molecule has 1 amide bonds. The van der Waals surface area contributed by atoms with Crippen LogP contribution in [0.3, 0.4) is 0 Å². The molecule has 0 saturated heterocycles. The Bertz CT molecular complexity index is 500. The first-order valence-corrected chi connectivity index (χ1v) is 6.03. The number of carboxylic acids is 1. The van der Waals surface area contributed by atoms with Crippen molar-refractivity contribution in [2.45, 2.75) is 19.4 Å². The predicted molar refractivity (Wildman–Crippen MR) is 72.8 cm³/mol. The molecule has 6 heteroatoms. The molecule has 98 valence electrons. The van der Waals surface area contributed by atoms with E-state index in [1.165, 1.54) is 0 Å². The summed E-state index contributed by atoms with van der Waals surface area (Å²) in [6, 6.07) is 4.80. The molecule has 0 atom stereocenters. The van der Waals surface area contributed by atoms with Gasteiger partial charge in [-0.3, -0.25) is 4.79 Å². The van der Waals surface area contributed by atoms with Crippen LogP contribution in [0, 0.1) is 0 Å². The zero-order chi connectivity index (χ0) is 14.1. The Labute approximate surface area is 114 Å². The lowest BCUT2D eigenvalue weighted by Gasteiger charge is -2.34. The van der Waals surface area contributed by atoms with Gasteiger partial charge in [-0.15, -0.1) is 0 Å². The first kappa shape index (κ1) is 14.5. The number of carbonyl (C=O) groups is 2. The molecule has 0 aliphatic carbocycles. The number of benzene rings is 1. The molecule has 0 aliphatic rings. The normalized spacial score (nSPS) is 11.1. The molecular formula is C12H15BrN2O3. The van der Waals surface area contributed by atoms with Gasteiger partial charge in [0.15, 0.2) is 0 Å². The second kappa shape index (κ2) is 4.97. The van der Waals surface area contributed by atoms with E-state index in [2.05, 4.69) is 15.9 Å². The fourth-order valence-corrected chi connectivity index (χ4v) is 2.02. The fourth-order valence-electron chi connectivity index (χ4n) is 1.38. The summed E-state index contributed by atoms with van der Waals surface area (Å²) in [5, 5.41) is 9.18. The molecule has 1 rings (SSSR count). The minimum absolute atomic E-state index is 0.368. The summed E-state index contributed by atoms with van der Waals surface area (Å²) >= 11 is 3.32. The number of likely N-dealkylation sites (N-methyl/N-ethyl adjacent to an activating group) is 1. The van der Waals surface area contributed by atoms with Crippen molar-refractivity contribution in [3.8, 4) is 0 Å². The van der Waals surface area contributed by atoms with Crippen LogP contribution in [-0.2, 0) is 4.79 Å². The van der Waals surface area contributed by atoms with Crippen molar-refractivity contribution in [3.63, 3.8) is 0 Å². The summed E-state index contributed by atoms with van der Waals surface area (Å²) < 4.78 is 0.621. The maximum atomic E-state index is 11.2. The topological polar surface area (TPSA) is 83.6 Å². The van der Waals surface area contributed by atoms with Crippen LogP contribution in [0.1, 0.15) is 24.2 Å². The highest BCUT2D eigenvalue weighted by molar-refractivity contribution is 9.10. The van der Waals surface area contributed by atoms with E-state index in [4.69, 9.17) is 5.73 Å². The largest absolute Gasteiger partial charge is 0.480 e. The number of carboxylic acid groups (broad SMARTS) is 1. The number of carbonyl (C=O) groups excluding carboxylic acids is 1. The second-order valence-electron chi connectivity index (χ2n) is 4.45. The molecule has 0 spiro atoms. The van der Waals surface area contributed by atoms with Gasteiger partial charge in [-0.25, -0.2) is 4.79 Å². The zero-order valence-electron chi connectivity index (χ0n) is 10.4. The second-order valence-corrected chi connectivity index (χ2v) is 5.31. The van der Waals surface area contributed by atoms with Crippen molar-refractivity contribution in [1.29, 1.82) is 0 Å². The SMILES string of the molecule is CN(c1ccc(C(N)=O)cc1Br)C(C)(C)C(=O)O. The minimum atomic E-state index is -1.06. The Kier molecular flexibility index (Phi) is 4.01. The Balaban J connectivity index is 3.19. The van der Waals surface area contributed by atoms with E-state index in [0.29, 0.717) is 15.7 Å². The number of halogens is 1. The lowest BCUT2D eigenvalue weighted by molar-refractivity contribution is -0.142. The van der Waals surface area contributed by atoms with Crippen molar-refractivity contribution in [2.24, 2.45) is 5.73 Å². The first-order chi connectivity index (χ1) is 8.17. The molecule has 0 unspecified atom stereocenters. The molecule has 0 bridgehead atoms. The lowest BCUT2D eigenvalue weighted by Crippen LogP contribution is -2.48. The third-order valence-corrected chi connectivity index (χ3v) is 3.59. The van der Waals surface area contributed by atoms with E-state index >= 15 is 0 Å². The van der Waals surface area contributed by atoms with Gasteiger partial charge < -0.3 is 15.7 Å². The zero-order valence-corrected chi connectivity index (χ0v) is 12.0. The van der Waals surface area contributed by atoms with Gasteiger partial charge >= 0.3 is 5.97 Å². The molecule has 3 N–H and O–H groups in total. The van der Waals surface area contributed by atoms with Crippen molar-refractivity contribution < 1.29 is 14.7 Å². The molecule has 0 fully saturated rings. The van der Waals surface area contributed by atoms with Gasteiger partial charge in [0.2, 0.25) is 5.91 Å². The highest BCUT2D eigenvalue weighted by Gasteiger charge is 2.33. The Hall–Kier alpha value is -1.56. The summed E-state index contributed by atoms with van der Waals surface area (Å²) in [4.78, 5) is 23.8. The van der Waals surface area contributed by atoms with E-state index in [1.54, 1.807) is 44.0 Å². The van der Waals surface area contributed by atoms with Crippen molar-refractivity contribution in [3.05, 3.63) is 28.2 Å². The van der Waals surface area contributed by atoms with Crippen LogP contribution >= 0.6 is 15.9 Å². The molecule has 5 nitrogen and oxygen atoms in total. The van der Waals surface area contributed by atoms with Crippen LogP contribution < -0.4 is 10.6 Å². The van der Waals surface area contributed by atoms with Gasteiger partial charge in [-0.05, 0) is 48.0 Å². The number of anilines is 1. The van der Waals surface area contributed by atoms with Crippen molar-refractivity contribution >= 4 is 33.5 Å². The van der Waals surface area contributed by atoms with Crippen LogP contribution in [0.4, 0.5) is 5.69 Å². The van der Waals surface area contributed by atoms with Gasteiger partial charge in [0.05, 0.1) is 5.69 Å². The highest BCUT2D eigenvalue weighted by atomic mass is 79.9. The van der Waals surface area contributed by atoms with Gasteiger partial charge in [-0.1, -0.05) is 0 Å². The predicted octanol–water partition coefficient (Wildman–Crippen LogP) is 1.85. The smallest absolute Gasteiger partial charge is 0.328 e. The van der Waals surface area contributed by atoms with Crippen LogP contribution in [0.25, 0.3) is 0 Å². The number of nitrogens with two attached hydrogens (primary N) is 1. The first-order valence-electron chi connectivity index (χ1n) is 5.24. The van der Waals surface area contributed by atoms with Gasteiger partial charge in [0.1, 0.15) is 5.54 Å². The maximum Gasteiger partial charge on any atom is 0.328 e. The molecular weight excluding hydrogens is 300 g/mol. The third-order valence-electron chi connectivity index (χ3n) is 2.96. The quantitative estimate of drug-likeness (QED) is 0.888. The van der Waals surface area contributed by atoms with Gasteiger partial charge in [-0.2, -0.15) is 0 Å². The summed E-state index contributed by atoms with van der Waals surface area (Å²) in [6.07, 6.45) is 0. The number of amides is 1. The number of hydrogen-bond donors (Lipinski definition) is 2. The Morgan fingerprint density at radius 1 is 1.39 bits per heavy atom. The summed E-state index contributed by atoms with van der Waals surface area (Å²) in [6.45, 7) is 3.20. The van der Waals surface area contributed by atoms with Gasteiger partial charge in [0, 0.05) is 17.1 Å². The van der Waals surface area contributed by atoms with E-state index in [1.807, 2.05) is 0 Å². The molecule has 0 radical (unpaired) electrons. The summed E-state index contributed by atoms with van der Waals surface area (Å²) in [5.74, 6) is -1.46. The third kappa shape index (κ3) is 2.64. The van der Waals surface area contributed by atoms with Crippen molar-refractivity contribution in [1.82, 2.24) is 0 Å². The number of nitrogens with zero attached hydrogens (tertiary/aromatic N) is 1. The van der Waals surface area contributed by atoms with Crippen LogP contribution in [0.2, 0.25) is 0 Å². The monoisotopic (exact) mass is 314 g/mol. The summed E-state index contributed by atoms with van der Waals surface area (Å²) in [7, 11) is 1.68. The number of rotatable bonds is 4. The average molecular weight is 315 g/mol. The van der Waals surface area contributed by atoms with Crippen molar-refractivity contribution in [2.75, 3.05) is 11.9 Å². The van der Waals surface area contributed by atoms with Crippen LogP contribution in [0.5, 0.6) is 0 Å². The van der Waals surface area contributed by atoms with Crippen LogP contribution in [-0.4, -0.2) is 29.6 Å². The van der Waals surface area contributed by atoms with Crippen LogP contribution in [0.15, 0.2) is 22.7 Å². The number of hydrogen-bond acceptors (Lipinski definition) is 3. The Morgan fingerprint density at radius 2 is 1.94 bits per heavy atom. The number of aliphatic carboxylic acids is 1. The maximum absolute atomic E-state index is 11.2. The molecule has 0 heterocycles. The molecule has 0 saturated carbocycles. The summed E-state index contributed by atoms with van der Waals surface area (Å²) in [5.41, 5.74) is 5.16. The Morgan fingerprint density at radius 3 is 2.33 bits per heavy atom. The number of primary amides is 1. The molecule has 18 heavy (non-hydrogen) atoms. The highest BCUT2D eigenvalue weighted by Crippen LogP contribution is 2.31. The van der Waals surface area contributed by atoms with E-state index in [9.17, 15) is 14.7 Å². The van der Waals surface area contributed by atoms with E-state index in [0.717, 1.165) is 0 Å². The van der Waals surface area contributed by atoms with E-state index < -0.39 is 17.4 Å². The molecule has 1 aromatic carbocycles. The molecule has 0 aromatic heterocycles. The van der Waals surface area contributed by atoms with E-state index in [-0.39, 0.29) is 0 Å². The fraction of sp³-hybridized carbons (Fsp3) is 0.333. The average Bonchev–Trinajstić information content (AvgIpc) is 2.27. The molecule has 1 aromatic rings.